The van der Waals surface area contributed by atoms with Gasteiger partial charge in [-0.15, -0.1) is 0 Å². The summed E-state index contributed by atoms with van der Waals surface area (Å²) in [5, 5.41) is 6.13. The lowest BCUT2D eigenvalue weighted by Crippen LogP contribution is -2.40. The van der Waals surface area contributed by atoms with E-state index in [2.05, 4.69) is 17.6 Å². The number of carbonyl (C=O) groups excluding carboxylic acids is 1. The fourth-order valence-electron chi connectivity index (χ4n) is 3.32. The number of nitrogens with one attached hydrogen (secondary N) is 2. The van der Waals surface area contributed by atoms with Crippen molar-refractivity contribution in [3.8, 4) is 0 Å². The average molecular weight is 382 g/mol. The molecule has 0 spiro atoms. The summed E-state index contributed by atoms with van der Waals surface area (Å²) in [6.07, 6.45) is 4.43. The third-order valence-corrected chi connectivity index (χ3v) is 7.10. The fourth-order valence-corrected chi connectivity index (χ4v) is 4.78. The zero-order valence-electron chi connectivity index (χ0n) is 16.0. The molecule has 7 heteroatoms. The van der Waals surface area contributed by atoms with E-state index in [4.69, 9.17) is 0 Å². The minimum atomic E-state index is -3.45. The van der Waals surface area contributed by atoms with Crippen LogP contribution in [-0.4, -0.2) is 44.3 Å². The smallest absolute Gasteiger partial charge is 0.243 e. The molecule has 1 aliphatic rings. The Kier molecular flexibility index (Phi) is 7.46. The van der Waals surface area contributed by atoms with Gasteiger partial charge >= 0.3 is 0 Å². The van der Waals surface area contributed by atoms with Crippen LogP contribution in [0.3, 0.4) is 0 Å². The van der Waals surface area contributed by atoms with Gasteiger partial charge in [0.15, 0.2) is 0 Å². The molecule has 0 unspecified atom stereocenters. The third-order valence-electron chi connectivity index (χ3n) is 5.03. The second-order valence-electron chi connectivity index (χ2n) is 6.99. The van der Waals surface area contributed by atoms with Gasteiger partial charge in [-0.3, -0.25) is 4.79 Å². The Morgan fingerprint density at radius 2 is 1.65 bits per heavy atom. The third kappa shape index (κ3) is 5.45. The minimum absolute atomic E-state index is 0.0237. The highest BCUT2D eigenvalue weighted by atomic mass is 32.2. The maximum absolute atomic E-state index is 12.5. The number of benzene rings is 1. The normalized spacial score (nSPS) is 20.8. The van der Waals surface area contributed by atoms with Crippen molar-refractivity contribution in [2.45, 2.75) is 57.4 Å². The van der Waals surface area contributed by atoms with Crippen molar-refractivity contribution in [3.05, 3.63) is 24.3 Å². The van der Waals surface area contributed by atoms with E-state index in [0.29, 0.717) is 13.1 Å². The summed E-state index contributed by atoms with van der Waals surface area (Å²) in [4.78, 5) is 12.4. The Labute approximate surface area is 157 Å². The Hall–Kier alpha value is -1.60. The van der Waals surface area contributed by atoms with Crippen LogP contribution in [0, 0.1) is 5.92 Å². The van der Waals surface area contributed by atoms with Crippen molar-refractivity contribution in [1.29, 1.82) is 0 Å². The highest BCUT2D eigenvalue weighted by molar-refractivity contribution is 7.89. The summed E-state index contributed by atoms with van der Waals surface area (Å²) in [6, 6.07) is 6.84. The molecule has 2 rings (SSSR count). The van der Waals surface area contributed by atoms with Crippen molar-refractivity contribution < 1.29 is 13.2 Å². The summed E-state index contributed by atoms with van der Waals surface area (Å²) >= 11 is 0. The van der Waals surface area contributed by atoms with E-state index in [0.717, 1.165) is 24.4 Å². The highest BCUT2D eigenvalue weighted by Crippen LogP contribution is 2.23. The molecule has 0 aliphatic heterocycles. The zero-order valence-corrected chi connectivity index (χ0v) is 16.8. The molecular weight excluding hydrogens is 350 g/mol. The first-order valence-corrected chi connectivity index (χ1v) is 10.9. The molecule has 1 aromatic rings. The number of amides is 1. The van der Waals surface area contributed by atoms with Crippen LogP contribution in [-0.2, 0) is 14.8 Å². The van der Waals surface area contributed by atoms with Gasteiger partial charge < -0.3 is 10.6 Å². The zero-order chi connectivity index (χ0) is 19.2. The summed E-state index contributed by atoms with van der Waals surface area (Å²) in [7, 11) is -3.45. The van der Waals surface area contributed by atoms with Crippen molar-refractivity contribution in [2.75, 3.05) is 25.0 Å². The summed E-state index contributed by atoms with van der Waals surface area (Å²) in [5.41, 5.74) is 0.732. The molecule has 0 radical (unpaired) electrons. The topological polar surface area (TPSA) is 78.5 Å². The highest BCUT2D eigenvalue weighted by Gasteiger charge is 2.21. The van der Waals surface area contributed by atoms with E-state index in [-0.39, 0.29) is 23.4 Å². The van der Waals surface area contributed by atoms with E-state index in [1.54, 1.807) is 24.3 Å². The molecule has 0 aromatic heterocycles. The van der Waals surface area contributed by atoms with E-state index in [1.807, 2.05) is 13.8 Å². The first-order chi connectivity index (χ1) is 12.4. The molecule has 1 fully saturated rings. The molecule has 0 atom stereocenters. The van der Waals surface area contributed by atoms with Gasteiger partial charge in [-0.25, -0.2) is 8.42 Å². The minimum Gasteiger partial charge on any atom is -0.376 e. The molecule has 1 aliphatic carbocycles. The molecule has 6 nitrogen and oxygen atoms in total. The van der Waals surface area contributed by atoms with E-state index >= 15 is 0 Å². The van der Waals surface area contributed by atoms with Gasteiger partial charge in [0.05, 0.1) is 11.4 Å². The van der Waals surface area contributed by atoms with Gasteiger partial charge in [0.1, 0.15) is 0 Å². The molecule has 0 saturated heterocycles. The van der Waals surface area contributed by atoms with Crippen LogP contribution in [0.5, 0.6) is 0 Å². The van der Waals surface area contributed by atoms with Crippen LogP contribution in [0.2, 0.25) is 0 Å². The lowest BCUT2D eigenvalue weighted by atomic mass is 9.87. The van der Waals surface area contributed by atoms with Crippen molar-refractivity contribution in [1.82, 2.24) is 9.62 Å². The van der Waals surface area contributed by atoms with E-state index in [1.165, 1.54) is 17.1 Å². The van der Waals surface area contributed by atoms with Crippen molar-refractivity contribution >= 4 is 21.6 Å². The molecule has 0 bridgehead atoms. The van der Waals surface area contributed by atoms with Gasteiger partial charge in [-0.05, 0) is 55.9 Å². The Morgan fingerprint density at radius 1 is 1.08 bits per heavy atom. The van der Waals surface area contributed by atoms with Gasteiger partial charge in [-0.2, -0.15) is 4.31 Å². The van der Waals surface area contributed by atoms with Crippen LogP contribution in [0.25, 0.3) is 0 Å². The first-order valence-electron chi connectivity index (χ1n) is 9.50. The summed E-state index contributed by atoms with van der Waals surface area (Å²) < 4.78 is 26.3. The summed E-state index contributed by atoms with van der Waals surface area (Å²) in [6.45, 7) is 6.97. The Bertz CT molecular complexity index is 676. The second-order valence-corrected chi connectivity index (χ2v) is 8.93. The molecule has 26 heavy (non-hydrogen) atoms. The lowest BCUT2D eigenvalue weighted by Gasteiger charge is -2.27. The molecular formula is C19H31N3O3S. The maximum atomic E-state index is 12.5. The van der Waals surface area contributed by atoms with Crippen LogP contribution >= 0.6 is 0 Å². The Morgan fingerprint density at radius 3 is 2.19 bits per heavy atom. The van der Waals surface area contributed by atoms with E-state index in [9.17, 15) is 13.2 Å². The van der Waals surface area contributed by atoms with Gasteiger partial charge in [0.25, 0.3) is 0 Å². The Balaban J connectivity index is 1.86. The summed E-state index contributed by atoms with van der Waals surface area (Å²) in [5.74, 6) is 0.733. The van der Waals surface area contributed by atoms with Gasteiger partial charge in [0.2, 0.25) is 15.9 Å². The number of carbonyl (C=O) groups is 1. The number of nitrogens with zero attached hydrogens (tertiary/aromatic N) is 1. The average Bonchev–Trinajstić information content (AvgIpc) is 2.63. The van der Waals surface area contributed by atoms with Crippen LogP contribution in [0.1, 0.15) is 46.5 Å². The number of sulfonamides is 1. The number of hydrogen-bond donors (Lipinski definition) is 2. The van der Waals surface area contributed by atoms with Gasteiger partial charge in [-0.1, -0.05) is 20.8 Å². The fraction of sp³-hybridized carbons (Fsp3) is 0.632. The van der Waals surface area contributed by atoms with Crippen LogP contribution in [0.4, 0.5) is 5.69 Å². The standard InChI is InChI=1S/C19H31N3O3S/c1-4-22(5-2)26(24,25)18-12-10-16(11-13-18)20-14-19(23)21-17-8-6-15(3)7-9-17/h10-13,15,17,20H,4-9,14H2,1-3H3,(H,21,23). The van der Waals surface area contributed by atoms with Crippen molar-refractivity contribution in [2.24, 2.45) is 5.92 Å². The number of rotatable bonds is 8. The largest absolute Gasteiger partial charge is 0.376 e. The monoisotopic (exact) mass is 381 g/mol. The molecule has 1 saturated carbocycles. The number of anilines is 1. The molecule has 1 aromatic carbocycles. The quantitative estimate of drug-likeness (QED) is 0.726. The first kappa shape index (κ1) is 20.7. The van der Waals surface area contributed by atoms with Crippen molar-refractivity contribution in [3.63, 3.8) is 0 Å². The predicted octanol–water partition coefficient (Wildman–Crippen LogP) is 2.82. The van der Waals surface area contributed by atoms with Crippen LogP contribution < -0.4 is 10.6 Å². The maximum Gasteiger partial charge on any atom is 0.243 e. The molecule has 2 N–H and O–H groups in total. The molecule has 1 amide bonds. The van der Waals surface area contributed by atoms with Crippen LogP contribution in [0.15, 0.2) is 29.2 Å². The number of hydrogen-bond acceptors (Lipinski definition) is 4. The van der Waals surface area contributed by atoms with Gasteiger partial charge in [0, 0.05) is 24.8 Å². The SMILES string of the molecule is CCN(CC)S(=O)(=O)c1ccc(NCC(=O)NC2CCC(C)CC2)cc1. The van der Waals surface area contributed by atoms with E-state index < -0.39 is 10.0 Å². The lowest BCUT2D eigenvalue weighted by molar-refractivity contribution is -0.120. The predicted molar refractivity (Wildman–Crippen MR) is 105 cm³/mol. The molecule has 146 valence electrons. The second kappa shape index (κ2) is 9.37. The molecule has 0 heterocycles.